The highest BCUT2D eigenvalue weighted by atomic mass is 19.1. The lowest BCUT2D eigenvalue weighted by Gasteiger charge is -2.35. The fourth-order valence-corrected chi connectivity index (χ4v) is 5.05. The molecule has 7 nitrogen and oxygen atoms in total. The number of anilines is 1. The van der Waals surface area contributed by atoms with Crippen molar-refractivity contribution >= 4 is 17.7 Å². The van der Waals surface area contributed by atoms with Gasteiger partial charge in [-0.05, 0) is 73.9 Å². The van der Waals surface area contributed by atoms with Gasteiger partial charge in [0.15, 0.2) is 5.96 Å². The van der Waals surface area contributed by atoms with E-state index in [1.54, 1.807) is 30.3 Å². The summed E-state index contributed by atoms with van der Waals surface area (Å²) in [6, 6.07) is 13.2. The number of hydrogen-bond donors (Lipinski definition) is 3. The third-order valence-electron chi connectivity index (χ3n) is 6.66. The van der Waals surface area contributed by atoms with Crippen LogP contribution in [0.4, 0.5) is 14.9 Å². The molecule has 1 atom stereocenters. The van der Waals surface area contributed by atoms with Gasteiger partial charge in [0, 0.05) is 23.5 Å². The van der Waals surface area contributed by atoms with Crippen molar-refractivity contribution in [2.75, 3.05) is 5.32 Å². The van der Waals surface area contributed by atoms with Crippen molar-refractivity contribution < 1.29 is 9.18 Å². The molecule has 1 aliphatic carbocycles. The van der Waals surface area contributed by atoms with E-state index >= 15 is 4.39 Å². The number of nitrogens with one attached hydrogen (secondary N) is 2. The smallest absolute Gasteiger partial charge is 0.319 e. The summed E-state index contributed by atoms with van der Waals surface area (Å²) in [5.41, 5.74) is 10.6. The standard InChI is InChI=1S/C28H33FN6O/c1-18(2)14-28(3)25(21-7-5-8-21)35(26(31)34-28)17-22-11-10-20(13-24(22)29)16-32-27(36)33-23-9-4-6-19(12-23)15-30/h4,6,9-13,18H,5,7-8,14,16-17H2,1-3H3,(H2,31,34)(H2,32,33,36). The molecule has 2 aliphatic rings. The lowest BCUT2D eigenvalue weighted by atomic mass is 9.80. The minimum absolute atomic E-state index is 0.163. The third-order valence-corrected chi connectivity index (χ3v) is 6.66. The van der Waals surface area contributed by atoms with Crippen LogP contribution in [0.3, 0.4) is 0 Å². The number of carbonyl (C=O) groups excluding carboxylic acids is 1. The van der Waals surface area contributed by atoms with Crippen LogP contribution in [0.5, 0.6) is 0 Å². The topological polar surface area (TPSA) is 107 Å². The molecule has 4 rings (SSSR count). The molecule has 1 saturated carbocycles. The van der Waals surface area contributed by atoms with Crippen molar-refractivity contribution in [3.8, 4) is 6.07 Å². The summed E-state index contributed by atoms with van der Waals surface area (Å²) in [5, 5.41) is 14.4. The van der Waals surface area contributed by atoms with Crippen LogP contribution >= 0.6 is 0 Å². The molecule has 1 aliphatic heterocycles. The quantitative estimate of drug-likeness (QED) is 0.486. The summed E-state index contributed by atoms with van der Waals surface area (Å²) >= 11 is 0. The Labute approximate surface area is 211 Å². The molecule has 0 aromatic heterocycles. The van der Waals surface area contributed by atoms with Gasteiger partial charge in [0.1, 0.15) is 11.4 Å². The lowest BCUT2D eigenvalue weighted by molar-refractivity contribution is 0.251. The number of carbonyl (C=O) groups is 1. The van der Waals surface area contributed by atoms with Crippen molar-refractivity contribution in [1.29, 1.82) is 5.26 Å². The number of urea groups is 1. The Hall–Kier alpha value is -3.86. The molecule has 4 N–H and O–H groups in total. The first-order valence-corrected chi connectivity index (χ1v) is 12.4. The summed E-state index contributed by atoms with van der Waals surface area (Å²) in [6.07, 6.45) is 4.13. The number of rotatable bonds is 7. The molecule has 2 amide bonds. The molecule has 1 fully saturated rings. The minimum atomic E-state index is -0.433. The molecule has 0 bridgehead atoms. The maximum Gasteiger partial charge on any atom is 0.319 e. The first-order chi connectivity index (χ1) is 17.2. The number of nitrogens with zero attached hydrogens (tertiary/aromatic N) is 3. The van der Waals surface area contributed by atoms with E-state index in [1.165, 1.54) is 11.6 Å². The van der Waals surface area contributed by atoms with Crippen LogP contribution in [0.1, 0.15) is 63.1 Å². The van der Waals surface area contributed by atoms with Crippen LogP contribution in [-0.4, -0.2) is 22.4 Å². The Morgan fingerprint density at radius 2 is 2.06 bits per heavy atom. The minimum Gasteiger partial charge on any atom is -0.369 e. The van der Waals surface area contributed by atoms with Gasteiger partial charge in [0.05, 0.1) is 18.2 Å². The van der Waals surface area contributed by atoms with Gasteiger partial charge in [-0.1, -0.05) is 32.0 Å². The van der Waals surface area contributed by atoms with Crippen molar-refractivity contribution in [3.63, 3.8) is 0 Å². The van der Waals surface area contributed by atoms with E-state index in [1.807, 2.05) is 17.0 Å². The second-order valence-electron chi connectivity index (χ2n) is 10.2. The molecule has 2 aromatic rings. The van der Waals surface area contributed by atoms with E-state index in [2.05, 4.69) is 31.4 Å². The average molecular weight is 489 g/mol. The van der Waals surface area contributed by atoms with Crippen LogP contribution in [0.25, 0.3) is 0 Å². The van der Waals surface area contributed by atoms with Gasteiger partial charge in [-0.2, -0.15) is 5.26 Å². The zero-order valence-electron chi connectivity index (χ0n) is 21.1. The molecule has 1 unspecified atom stereocenters. The fourth-order valence-electron chi connectivity index (χ4n) is 5.05. The van der Waals surface area contributed by atoms with E-state index in [0.717, 1.165) is 31.4 Å². The predicted molar refractivity (Wildman–Crippen MR) is 139 cm³/mol. The number of hydrogen-bond acceptors (Lipinski definition) is 5. The Bertz CT molecular complexity index is 1250. The van der Waals surface area contributed by atoms with E-state index < -0.39 is 6.03 Å². The molecule has 36 heavy (non-hydrogen) atoms. The van der Waals surface area contributed by atoms with Crippen molar-refractivity contribution in [3.05, 3.63) is 76.2 Å². The third kappa shape index (κ3) is 5.51. The van der Waals surface area contributed by atoms with E-state index in [-0.39, 0.29) is 17.9 Å². The second-order valence-corrected chi connectivity index (χ2v) is 10.2. The maximum absolute atomic E-state index is 15.1. The van der Waals surface area contributed by atoms with E-state index in [0.29, 0.717) is 40.8 Å². The Morgan fingerprint density at radius 1 is 1.28 bits per heavy atom. The first-order valence-electron chi connectivity index (χ1n) is 12.4. The molecule has 188 valence electrons. The average Bonchev–Trinajstić information content (AvgIpc) is 3.01. The Morgan fingerprint density at radius 3 is 2.69 bits per heavy atom. The summed E-state index contributed by atoms with van der Waals surface area (Å²) < 4.78 is 15.1. The summed E-state index contributed by atoms with van der Waals surface area (Å²) in [6.45, 7) is 6.97. The molecule has 2 aromatic carbocycles. The van der Waals surface area contributed by atoms with Crippen LogP contribution in [0.2, 0.25) is 0 Å². The molecular weight excluding hydrogens is 455 g/mol. The van der Waals surface area contributed by atoms with Gasteiger partial charge < -0.3 is 21.3 Å². The monoisotopic (exact) mass is 488 g/mol. The number of amides is 2. The van der Waals surface area contributed by atoms with Gasteiger partial charge >= 0.3 is 6.03 Å². The SMILES string of the molecule is CC(C)CC1(C)N=C(N)N(Cc2ccc(CNC(=O)Nc3cccc(C#N)c3)cc2F)C1=C1CCC1. The number of benzene rings is 2. The largest absolute Gasteiger partial charge is 0.369 e. The van der Waals surface area contributed by atoms with E-state index in [4.69, 9.17) is 16.0 Å². The molecule has 0 radical (unpaired) electrons. The van der Waals surface area contributed by atoms with E-state index in [9.17, 15) is 4.79 Å². The number of nitrogens with two attached hydrogens (primary N) is 1. The summed E-state index contributed by atoms with van der Waals surface area (Å²) in [7, 11) is 0. The van der Waals surface area contributed by atoms with Gasteiger partial charge in [-0.25, -0.2) is 14.2 Å². The number of halogens is 1. The second kappa shape index (κ2) is 10.4. The van der Waals surface area contributed by atoms with Gasteiger partial charge in [0.25, 0.3) is 0 Å². The Balaban J connectivity index is 1.42. The lowest BCUT2D eigenvalue weighted by Crippen LogP contribution is -2.37. The molecule has 0 spiro atoms. The van der Waals surface area contributed by atoms with Crippen LogP contribution in [0.15, 0.2) is 58.7 Å². The number of guanidine groups is 1. The summed E-state index contributed by atoms with van der Waals surface area (Å²) in [4.78, 5) is 19.1. The van der Waals surface area contributed by atoms with Gasteiger partial charge in [-0.3, -0.25) is 0 Å². The van der Waals surface area contributed by atoms with Gasteiger partial charge in [0.2, 0.25) is 0 Å². The first kappa shape index (κ1) is 25.2. The normalized spacial score (nSPS) is 19.1. The van der Waals surface area contributed by atoms with Crippen LogP contribution in [0, 0.1) is 23.1 Å². The molecule has 8 heteroatoms. The maximum atomic E-state index is 15.1. The summed E-state index contributed by atoms with van der Waals surface area (Å²) in [5.74, 6) is 0.549. The number of aliphatic imine (C=N–C) groups is 1. The molecule has 1 heterocycles. The van der Waals surface area contributed by atoms with Gasteiger partial charge in [-0.15, -0.1) is 0 Å². The van der Waals surface area contributed by atoms with Crippen molar-refractivity contribution in [2.24, 2.45) is 16.6 Å². The zero-order chi connectivity index (χ0) is 25.9. The molecular formula is C28H33FN6O. The Kier molecular flexibility index (Phi) is 7.30. The van der Waals surface area contributed by atoms with Crippen LogP contribution < -0.4 is 16.4 Å². The predicted octanol–water partition coefficient (Wildman–Crippen LogP) is 5.39. The van der Waals surface area contributed by atoms with Crippen LogP contribution in [-0.2, 0) is 13.1 Å². The van der Waals surface area contributed by atoms with Crippen molar-refractivity contribution in [2.45, 2.75) is 65.1 Å². The highest BCUT2D eigenvalue weighted by Crippen LogP contribution is 2.44. The highest BCUT2D eigenvalue weighted by Gasteiger charge is 2.43. The number of allylic oxidation sites excluding steroid dienone is 1. The van der Waals surface area contributed by atoms with Crippen molar-refractivity contribution in [1.82, 2.24) is 10.2 Å². The number of nitriles is 1. The molecule has 0 saturated heterocycles. The fraction of sp³-hybridized carbons (Fsp3) is 0.393. The highest BCUT2D eigenvalue weighted by molar-refractivity contribution is 5.89. The zero-order valence-corrected chi connectivity index (χ0v) is 21.1.